The number of rotatable bonds is 8. The number of nitrogens with one attached hydrogen (secondary N) is 2. The summed E-state index contributed by atoms with van der Waals surface area (Å²) in [7, 11) is 0. The molecule has 1 fully saturated rings. The summed E-state index contributed by atoms with van der Waals surface area (Å²) in [6.07, 6.45) is 0. The summed E-state index contributed by atoms with van der Waals surface area (Å²) in [5, 5.41) is 15.4. The van der Waals surface area contributed by atoms with Gasteiger partial charge in [-0.1, -0.05) is 48.0 Å². The van der Waals surface area contributed by atoms with Crippen molar-refractivity contribution in [2.24, 2.45) is 0 Å². The first-order valence-electron chi connectivity index (χ1n) is 11.9. The van der Waals surface area contributed by atoms with E-state index < -0.39 is 5.97 Å². The number of aromatic carboxylic acids is 1. The Morgan fingerprint density at radius 3 is 2.33 bits per heavy atom. The van der Waals surface area contributed by atoms with E-state index in [1.54, 1.807) is 30.3 Å². The van der Waals surface area contributed by atoms with E-state index in [9.17, 15) is 19.5 Å². The Bertz CT molecular complexity index is 1240. The number of amides is 2. The highest BCUT2D eigenvalue weighted by molar-refractivity contribution is 6.08. The number of carboxylic acids is 1. The maximum absolute atomic E-state index is 12.6. The number of hydrogen-bond donors (Lipinski definition) is 3. The van der Waals surface area contributed by atoms with E-state index in [1.807, 2.05) is 49.4 Å². The largest absolute Gasteiger partial charge is 0.478 e. The van der Waals surface area contributed by atoms with Crippen molar-refractivity contribution in [1.82, 2.24) is 10.2 Å². The molecule has 3 aromatic rings. The van der Waals surface area contributed by atoms with Gasteiger partial charge >= 0.3 is 5.97 Å². The third-order valence-corrected chi connectivity index (χ3v) is 6.20. The molecule has 3 aromatic carbocycles. The van der Waals surface area contributed by atoms with Gasteiger partial charge in [-0.3, -0.25) is 14.5 Å². The Hall–Kier alpha value is -4.17. The second-order valence-electron chi connectivity index (χ2n) is 8.88. The van der Waals surface area contributed by atoms with Crippen LogP contribution in [0.25, 0.3) is 0 Å². The number of hydrogen-bond acceptors (Lipinski definition) is 5. The van der Waals surface area contributed by atoms with Gasteiger partial charge in [0.05, 0.1) is 17.8 Å². The first-order chi connectivity index (χ1) is 17.4. The molecule has 4 rings (SSSR count). The number of nitrogens with zero attached hydrogens (tertiary/aromatic N) is 2. The maximum Gasteiger partial charge on any atom is 0.337 e. The van der Waals surface area contributed by atoms with Gasteiger partial charge in [0.1, 0.15) is 0 Å². The van der Waals surface area contributed by atoms with Crippen LogP contribution in [0, 0.1) is 6.92 Å². The summed E-state index contributed by atoms with van der Waals surface area (Å²) >= 11 is 0. The van der Waals surface area contributed by atoms with Gasteiger partial charge in [0.15, 0.2) is 0 Å². The molecule has 8 heteroatoms. The van der Waals surface area contributed by atoms with Crippen LogP contribution in [0.2, 0.25) is 0 Å². The minimum Gasteiger partial charge on any atom is -0.478 e. The molecular formula is C28H30N4O4. The van der Waals surface area contributed by atoms with Crippen LogP contribution in [0.1, 0.15) is 31.8 Å². The first kappa shape index (κ1) is 24.9. The fourth-order valence-electron chi connectivity index (χ4n) is 4.22. The SMILES string of the molecule is Cc1cccc(C(=O)Nc2ccc(N3CCN(CC(=O)NCc4ccccc4)CC3)cc2C(=O)O)c1. The van der Waals surface area contributed by atoms with E-state index in [0.717, 1.165) is 16.8 Å². The Labute approximate surface area is 210 Å². The molecule has 0 aromatic heterocycles. The zero-order chi connectivity index (χ0) is 25.5. The number of anilines is 2. The average Bonchev–Trinajstić information content (AvgIpc) is 2.88. The summed E-state index contributed by atoms with van der Waals surface area (Å²) in [5.41, 5.74) is 3.55. The van der Waals surface area contributed by atoms with Gasteiger partial charge in [0.25, 0.3) is 5.91 Å². The Balaban J connectivity index is 1.33. The molecule has 0 saturated carbocycles. The van der Waals surface area contributed by atoms with Crippen LogP contribution in [-0.2, 0) is 11.3 Å². The van der Waals surface area contributed by atoms with Gasteiger partial charge in [0, 0.05) is 44.0 Å². The number of carboxylic acid groups (broad SMARTS) is 1. The van der Waals surface area contributed by atoms with Crippen LogP contribution in [-0.4, -0.2) is 60.5 Å². The molecule has 8 nitrogen and oxygen atoms in total. The average molecular weight is 487 g/mol. The topological polar surface area (TPSA) is 102 Å². The smallest absolute Gasteiger partial charge is 0.337 e. The molecule has 0 bridgehead atoms. The predicted octanol–water partition coefficient (Wildman–Crippen LogP) is 3.38. The van der Waals surface area contributed by atoms with E-state index in [4.69, 9.17) is 0 Å². The second kappa shape index (κ2) is 11.5. The number of aryl methyl sites for hydroxylation is 1. The minimum atomic E-state index is -1.11. The van der Waals surface area contributed by atoms with Crippen molar-refractivity contribution >= 4 is 29.2 Å². The molecule has 36 heavy (non-hydrogen) atoms. The van der Waals surface area contributed by atoms with Gasteiger partial charge in [0.2, 0.25) is 5.91 Å². The Kier molecular flexibility index (Phi) is 7.97. The summed E-state index contributed by atoms with van der Waals surface area (Å²) in [6, 6.07) is 22.0. The molecule has 1 heterocycles. The van der Waals surface area contributed by atoms with Crippen LogP contribution in [0.15, 0.2) is 72.8 Å². The molecular weight excluding hydrogens is 456 g/mol. The van der Waals surface area contributed by atoms with Crippen molar-refractivity contribution in [3.05, 3.63) is 95.1 Å². The lowest BCUT2D eigenvalue weighted by molar-refractivity contribution is -0.122. The third-order valence-electron chi connectivity index (χ3n) is 6.20. The van der Waals surface area contributed by atoms with E-state index in [0.29, 0.717) is 44.8 Å². The van der Waals surface area contributed by atoms with E-state index in [2.05, 4.69) is 20.4 Å². The van der Waals surface area contributed by atoms with Crippen LogP contribution in [0.5, 0.6) is 0 Å². The van der Waals surface area contributed by atoms with Crippen LogP contribution in [0.4, 0.5) is 11.4 Å². The molecule has 0 atom stereocenters. The normalized spacial score (nSPS) is 13.8. The summed E-state index contributed by atoms with van der Waals surface area (Å²) < 4.78 is 0. The number of carbonyl (C=O) groups is 3. The van der Waals surface area contributed by atoms with Crippen LogP contribution in [0.3, 0.4) is 0 Å². The number of carbonyl (C=O) groups excluding carboxylic acids is 2. The molecule has 1 saturated heterocycles. The predicted molar refractivity (Wildman–Crippen MR) is 139 cm³/mol. The lowest BCUT2D eigenvalue weighted by Gasteiger charge is -2.36. The molecule has 1 aliphatic heterocycles. The summed E-state index contributed by atoms with van der Waals surface area (Å²) in [6.45, 7) is 5.43. The molecule has 0 aliphatic carbocycles. The monoisotopic (exact) mass is 486 g/mol. The van der Waals surface area contributed by atoms with Gasteiger partial charge in [-0.25, -0.2) is 4.79 Å². The van der Waals surface area contributed by atoms with Gasteiger partial charge in [-0.15, -0.1) is 0 Å². The van der Waals surface area contributed by atoms with Crippen molar-refractivity contribution in [2.45, 2.75) is 13.5 Å². The lowest BCUT2D eigenvalue weighted by atomic mass is 10.1. The molecule has 1 aliphatic rings. The van der Waals surface area contributed by atoms with Crippen molar-refractivity contribution in [1.29, 1.82) is 0 Å². The number of benzene rings is 3. The molecule has 0 spiro atoms. The van der Waals surface area contributed by atoms with Gasteiger partial charge in [-0.05, 0) is 42.8 Å². The zero-order valence-corrected chi connectivity index (χ0v) is 20.2. The fraction of sp³-hybridized carbons (Fsp3) is 0.250. The second-order valence-corrected chi connectivity index (χ2v) is 8.88. The van der Waals surface area contributed by atoms with Crippen molar-refractivity contribution < 1.29 is 19.5 Å². The highest BCUT2D eigenvalue weighted by Crippen LogP contribution is 2.25. The molecule has 0 radical (unpaired) electrons. The van der Waals surface area contributed by atoms with Crippen molar-refractivity contribution in [2.75, 3.05) is 42.9 Å². The van der Waals surface area contributed by atoms with Gasteiger partial charge in [-0.2, -0.15) is 0 Å². The third kappa shape index (κ3) is 6.49. The molecule has 186 valence electrons. The van der Waals surface area contributed by atoms with E-state index in [1.165, 1.54) is 0 Å². The Morgan fingerprint density at radius 1 is 0.889 bits per heavy atom. The van der Waals surface area contributed by atoms with Crippen LogP contribution < -0.4 is 15.5 Å². The van der Waals surface area contributed by atoms with E-state index in [-0.39, 0.29) is 23.1 Å². The lowest BCUT2D eigenvalue weighted by Crippen LogP contribution is -2.49. The quantitative estimate of drug-likeness (QED) is 0.451. The molecule has 3 N–H and O–H groups in total. The first-order valence-corrected chi connectivity index (χ1v) is 11.9. The molecule has 2 amide bonds. The van der Waals surface area contributed by atoms with Crippen molar-refractivity contribution in [3.8, 4) is 0 Å². The maximum atomic E-state index is 12.6. The highest BCUT2D eigenvalue weighted by Gasteiger charge is 2.21. The summed E-state index contributed by atoms with van der Waals surface area (Å²) in [5.74, 6) is -1.48. The highest BCUT2D eigenvalue weighted by atomic mass is 16.4. The minimum absolute atomic E-state index is 0.0193. The number of piperazine rings is 1. The van der Waals surface area contributed by atoms with Crippen molar-refractivity contribution in [3.63, 3.8) is 0 Å². The Morgan fingerprint density at radius 2 is 1.64 bits per heavy atom. The van der Waals surface area contributed by atoms with Gasteiger partial charge < -0.3 is 20.6 Å². The fourth-order valence-corrected chi connectivity index (χ4v) is 4.22. The molecule has 0 unspecified atom stereocenters. The van der Waals surface area contributed by atoms with Crippen LogP contribution >= 0.6 is 0 Å². The standard InChI is InChI=1S/C28H30N4O4/c1-20-6-5-9-22(16-20)27(34)30-25-11-10-23(17-24(25)28(35)36)32-14-12-31(13-15-32)19-26(33)29-18-21-7-3-2-4-8-21/h2-11,16-17H,12-15,18-19H2,1H3,(H,29,33)(H,30,34)(H,35,36). The summed E-state index contributed by atoms with van der Waals surface area (Å²) in [4.78, 5) is 41.1. The zero-order valence-electron chi connectivity index (χ0n) is 20.2. The van der Waals surface area contributed by atoms with E-state index >= 15 is 0 Å².